The Morgan fingerprint density at radius 3 is 2.60 bits per heavy atom. The Balaban J connectivity index is 1.71. The van der Waals surface area contributed by atoms with Crippen LogP contribution >= 0.6 is 0 Å². The Labute approximate surface area is 208 Å². The summed E-state index contributed by atoms with van der Waals surface area (Å²) in [6.45, 7) is 6.19. The number of fused-ring (bicyclic) bond motifs is 1. The van der Waals surface area contributed by atoms with Gasteiger partial charge in [0.25, 0.3) is 10.0 Å². The summed E-state index contributed by atoms with van der Waals surface area (Å²) in [7, 11) is -3.89. The van der Waals surface area contributed by atoms with Gasteiger partial charge in [-0.3, -0.25) is 14.5 Å². The van der Waals surface area contributed by atoms with Crippen molar-refractivity contribution in [3.05, 3.63) is 59.7 Å². The topological polar surface area (TPSA) is 105 Å². The summed E-state index contributed by atoms with van der Waals surface area (Å²) in [5.74, 6) is 0.220. The molecular formula is C26H35N3O5S. The lowest BCUT2D eigenvalue weighted by Gasteiger charge is -2.27. The highest BCUT2D eigenvalue weighted by Crippen LogP contribution is 2.24. The maximum atomic E-state index is 12.4. The minimum atomic E-state index is -3.89. The van der Waals surface area contributed by atoms with Gasteiger partial charge in [-0.05, 0) is 63.3 Å². The van der Waals surface area contributed by atoms with Gasteiger partial charge in [0.05, 0.1) is 18.0 Å². The summed E-state index contributed by atoms with van der Waals surface area (Å²) in [6, 6.07) is 13.8. The van der Waals surface area contributed by atoms with Gasteiger partial charge < -0.3 is 10.1 Å². The van der Waals surface area contributed by atoms with Crippen molar-refractivity contribution in [3.8, 4) is 5.75 Å². The molecule has 2 aromatic carbocycles. The molecule has 2 amide bonds. The number of ether oxygens (including phenoxy) is 1. The normalized spacial score (nSPS) is 16.1. The third-order valence-corrected chi connectivity index (χ3v) is 7.31. The molecule has 0 spiro atoms. The third kappa shape index (κ3) is 8.36. The van der Waals surface area contributed by atoms with Crippen LogP contribution in [0.4, 0.5) is 0 Å². The summed E-state index contributed by atoms with van der Waals surface area (Å²) in [6.07, 6.45) is 3.21. The first-order chi connectivity index (χ1) is 16.7. The number of amides is 2. The fourth-order valence-electron chi connectivity index (χ4n) is 3.86. The van der Waals surface area contributed by atoms with Crippen molar-refractivity contribution in [2.45, 2.75) is 63.4 Å². The number of rotatable bonds is 6. The zero-order valence-electron chi connectivity index (χ0n) is 20.5. The summed E-state index contributed by atoms with van der Waals surface area (Å²) in [5, 5.41) is 2.99. The van der Waals surface area contributed by atoms with Crippen molar-refractivity contribution in [2.75, 3.05) is 19.7 Å². The highest BCUT2D eigenvalue weighted by molar-refractivity contribution is 7.90. The largest absolute Gasteiger partial charge is 0.493 e. The number of benzene rings is 2. The highest BCUT2D eigenvalue weighted by atomic mass is 32.2. The van der Waals surface area contributed by atoms with E-state index in [1.807, 2.05) is 32.0 Å². The van der Waals surface area contributed by atoms with Gasteiger partial charge in [-0.15, -0.1) is 0 Å². The third-order valence-electron chi connectivity index (χ3n) is 5.92. The fourth-order valence-corrected chi connectivity index (χ4v) is 4.90. The van der Waals surface area contributed by atoms with Gasteiger partial charge in [0, 0.05) is 31.1 Å². The molecule has 0 unspecified atom stereocenters. The minimum absolute atomic E-state index is 0.00728. The minimum Gasteiger partial charge on any atom is -0.493 e. The lowest BCUT2D eigenvalue weighted by molar-refractivity contribution is -0.123. The van der Waals surface area contributed by atoms with Crippen molar-refractivity contribution in [1.82, 2.24) is 14.9 Å². The van der Waals surface area contributed by atoms with Crippen molar-refractivity contribution >= 4 is 21.8 Å². The second-order valence-electron chi connectivity index (χ2n) is 9.04. The summed E-state index contributed by atoms with van der Waals surface area (Å²) >= 11 is 0. The maximum absolute atomic E-state index is 12.4. The Hall–Kier alpha value is -2.91. The summed E-state index contributed by atoms with van der Waals surface area (Å²) in [4.78, 5) is 26.9. The highest BCUT2D eigenvalue weighted by Gasteiger charge is 2.19. The number of sulfonamides is 1. The molecule has 3 rings (SSSR count). The maximum Gasteiger partial charge on any atom is 0.264 e. The van der Waals surface area contributed by atoms with Crippen LogP contribution in [0.15, 0.2) is 53.4 Å². The van der Waals surface area contributed by atoms with Gasteiger partial charge >= 0.3 is 0 Å². The summed E-state index contributed by atoms with van der Waals surface area (Å²) in [5.41, 5.74) is 1.85. The predicted molar refractivity (Wildman–Crippen MR) is 134 cm³/mol. The molecule has 0 fully saturated rings. The average molecular weight is 502 g/mol. The lowest BCUT2D eigenvalue weighted by atomic mass is 10.0. The number of aryl methyl sites for hydroxylation is 1. The molecule has 190 valence electrons. The molecular weight excluding hydrogens is 466 g/mol. The molecule has 9 heteroatoms. The molecule has 35 heavy (non-hydrogen) atoms. The first-order valence-corrected chi connectivity index (χ1v) is 13.6. The van der Waals surface area contributed by atoms with Crippen molar-refractivity contribution in [1.29, 1.82) is 0 Å². The molecule has 2 N–H and O–H groups in total. The first kappa shape index (κ1) is 26.7. The van der Waals surface area contributed by atoms with Crippen LogP contribution in [0, 0.1) is 0 Å². The van der Waals surface area contributed by atoms with Crippen LogP contribution < -0.4 is 14.8 Å². The van der Waals surface area contributed by atoms with Crippen molar-refractivity contribution < 1.29 is 22.7 Å². The van der Waals surface area contributed by atoms with Gasteiger partial charge in [-0.1, -0.05) is 30.3 Å². The summed E-state index contributed by atoms with van der Waals surface area (Å²) < 4.78 is 33.0. The molecule has 0 bridgehead atoms. The quantitative estimate of drug-likeness (QED) is 0.631. The molecule has 0 radical (unpaired) electrons. The van der Waals surface area contributed by atoms with Crippen LogP contribution in [-0.4, -0.2) is 50.9 Å². The van der Waals surface area contributed by atoms with E-state index in [2.05, 4.69) is 14.9 Å². The molecule has 0 aromatic heterocycles. The van der Waals surface area contributed by atoms with E-state index in [0.717, 1.165) is 36.1 Å². The SMILES string of the molecule is CC(C)N1CC(=O)NCCCCCOc2ccc(CCC(=O)NS(=O)(=O)c3ccccc3)cc2C1. The molecule has 2 aromatic rings. The van der Waals surface area contributed by atoms with E-state index in [4.69, 9.17) is 4.74 Å². The number of carbonyl (C=O) groups excluding carboxylic acids is 2. The molecule has 0 atom stereocenters. The first-order valence-electron chi connectivity index (χ1n) is 12.1. The number of nitrogens with one attached hydrogen (secondary N) is 2. The molecule has 1 heterocycles. The molecule has 0 saturated carbocycles. The van der Waals surface area contributed by atoms with Crippen LogP contribution in [0.1, 0.15) is 50.7 Å². The number of hydrogen-bond acceptors (Lipinski definition) is 6. The molecule has 0 aliphatic carbocycles. The zero-order chi connectivity index (χ0) is 25.3. The van der Waals surface area contributed by atoms with Crippen LogP contribution in [0.25, 0.3) is 0 Å². The van der Waals surface area contributed by atoms with Gasteiger partial charge in [0.2, 0.25) is 11.8 Å². The van der Waals surface area contributed by atoms with E-state index in [9.17, 15) is 18.0 Å². The van der Waals surface area contributed by atoms with Crippen molar-refractivity contribution in [2.24, 2.45) is 0 Å². The van der Waals surface area contributed by atoms with E-state index < -0.39 is 15.9 Å². The van der Waals surface area contributed by atoms with Crippen LogP contribution in [-0.2, 0) is 32.6 Å². The second-order valence-corrected chi connectivity index (χ2v) is 10.7. The number of nitrogens with zero attached hydrogens (tertiary/aromatic N) is 1. The fraction of sp³-hybridized carbons (Fsp3) is 0.462. The monoisotopic (exact) mass is 501 g/mol. The van der Waals surface area contributed by atoms with Gasteiger partial charge in [-0.2, -0.15) is 0 Å². The number of carbonyl (C=O) groups is 2. The van der Waals surface area contributed by atoms with Gasteiger partial charge in [-0.25, -0.2) is 13.1 Å². The van der Waals surface area contributed by atoms with Crippen molar-refractivity contribution in [3.63, 3.8) is 0 Å². The Morgan fingerprint density at radius 2 is 1.86 bits per heavy atom. The van der Waals surface area contributed by atoms with E-state index in [1.54, 1.807) is 18.2 Å². The lowest BCUT2D eigenvalue weighted by Crippen LogP contribution is -2.40. The smallest absolute Gasteiger partial charge is 0.264 e. The van der Waals surface area contributed by atoms with Crippen LogP contribution in [0.5, 0.6) is 5.75 Å². The molecule has 8 nitrogen and oxygen atoms in total. The number of hydrogen-bond donors (Lipinski definition) is 2. The second kappa shape index (κ2) is 12.7. The molecule has 1 aliphatic rings. The Morgan fingerprint density at radius 1 is 1.09 bits per heavy atom. The van der Waals surface area contributed by atoms with Gasteiger partial charge in [0.1, 0.15) is 5.75 Å². The molecule has 0 saturated heterocycles. The Bertz CT molecular complexity index is 1100. The van der Waals surface area contributed by atoms with E-state index in [-0.39, 0.29) is 23.3 Å². The van der Waals surface area contributed by atoms with Gasteiger partial charge in [0.15, 0.2) is 0 Å². The average Bonchev–Trinajstić information content (AvgIpc) is 2.84. The predicted octanol–water partition coefficient (Wildman–Crippen LogP) is 3.01. The van der Waals surface area contributed by atoms with Crippen LogP contribution in [0.2, 0.25) is 0 Å². The molecule has 1 aliphatic heterocycles. The van der Waals surface area contributed by atoms with E-state index in [1.165, 1.54) is 12.1 Å². The van der Waals surface area contributed by atoms with E-state index >= 15 is 0 Å². The Kier molecular flexibility index (Phi) is 9.68. The van der Waals surface area contributed by atoms with Crippen LogP contribution in [0.3, 0.4) is 0 Å². The standard InChI is InChI=1S/C26H35N3O5S/c1-20(2)29-18-22-17-21(11-13-24(22)34-16-8-4-7-15-27-26(31)19-29)12-14-25(30)28-35(32,33)23-9-5-3-6-10-23/h3,5-6,9-11,13,17,20H,4,7-8,12,14-16,18-19H2,1-2H3,(H,27,31)(H,28,30). The van der Waals surface area contributed by atoms with E-state index in [0.29, 0.717) is 32.7 Å². The zero-order valence-corrected chi connectivity index (χ0v) is 21.3.